The molecule has 5 nitrogen and oxygen atoms in total. The Hall–Kier alpha value is -1.65. The lowest BCUT2D eigenvalue weighted by atomic mass is 10.2. The van der Waals surface area contributed by atoms with E-state index in [2.05, 4.69) is 9.97 Å². The lowest BCUT2D eigenvalue weighted by molar-refractivity contribution is 0.00568. The minimum atomic E-state index is -0.564. The Labute approximate surface area is 81.5 Å². The standard InChI is InChI=1S/C9H12N2O3/c1-9(2,3)14-8(13)7-10-4-6(5-12)11-7/h4-5H,1-3H3,(H,10,11). The molecule has 14 heavy (non-hydrogen) atoms. The topological polar surface area (TPSA) is 72.0 Å². The van der Waals surface area contributed by atoms with Crippen molar-refractivity contribution in [1.82, 2.24) is 9.97 Å². The van der Waals surface area contributed by atoms with Crippen LogP contribution in [0.5, 0.6) is 0 Å². The summed E-state index contributed by atoms with van der Waals surface area (Å²) in [7, 11) is 0. The first kappa shape index (κ1) is 10.4. The van der Waals surface area contributed by atoms with Crippen LogP contribution < -0.4 is 0 Å². The summed E-state index contributed by atoms with van der Waals surface area (Å²) in [4.78, 5) is 27.9. The van der Waals surface area contributed by atoms with Crippen LogP contribution in [0.3, 0.4) is 0 Å². The van der Waals surface area contributed by atoms with Gasteiger partial charge in [0.15, 0.2) is 6.29 Å². The Balaban J connectivity index is 2.75. The first-order valence-electron chi connectivity index (χ1n) is 4.16. The Morgan fingerprint density at radius 3 is 2.64 bits per heavy atom. The molecule has 0 spiro atoms. The third kappa shape index (κ3) is 2.69. The van der Waals surface area contributed by atoms with E-state index in [1.165, 1.54) is 6.20 Å². The maximum atomic E-state index is 11.4. The van der Waals surface area contributed by atoms with Gasteiger partial charge in [-0.05, 0) is 20.8 Å². The van der Waals surface area contributed by atoms with Crippen LogP contribution in [0.25, 0.3) is 0 Å². The number of aromatic nitrogens is 2. The van der Waals surface area contributed by atoms with Gasteiger partial charge < -0.3 is 9.72 Å². The van der Waals surface area contributed by atoms with Crippen LogP contribution >= 0.6 is 0 Å². The zero-order valence-electron chi connectivity index (χ0n) is 8.33. The van der Waals surface area contributed by atoms with E-state index in [1.807, 2.05) is 0 Å². The van der Waals surface area contributed by atoms with Crippen molar-refractivity contribution in [3.63, 3.8) is 0 Å². The summed E-state index contributed by atoms with van der Waals surface area (Å²) in [6.07, 6.45) is 1.87. The molecule has 0 bridgehead atoms. The first-order chi connectivity index (χ1) is 6.42. The smallest absolute Gasteiger partial charge is 0.374 e. The number of carbonyl (C=O) groups is 2. The number of ether oxygens (including phenoxy) is 1. The summed E-state index contributed by atoms with van der Waals surface area (Å²) in [6.45, 7) is 5.28. The van der Waals surface area contributed by atoms with Crippen LogP contribution in [0.1, 0.15) is 41.9 Å². The van der Waals surface area contributed by atoms with Crippen molar-refractivity contribution in [2.45, 2.75) is 26.4 Å². The van der Waals surface area contributed by atoms with Crippen molar-refractivity contribution in [2.24, 2.45) is 0 Å². The van der Waals surface area contributed by atoms with E-state index in [0.717, 1.165) is 0 Å². The number of carbonyl (C=O) groups excluding carboxylic acids is 2. The number of aromatic amines is 1. The molecular weight excluding hydrogens is 184 g/mol. The van der Waals surface area contributed by atoms with Crippen molar-refractivity contribution in [2.75, 3.05) is 0 Å². The molecule has 0 fully saturated rings. The van der Waals surface area contributed by atoms with Crippen molar-refractivity contribution < 1.29 is 14.3 Å². The molecule has 0 aliphatic rings. The van der Waals surface area contributed by atoms with Gasteiger partial charge in [-0.1, -0.05) is 0 Å². The number of nitrogens with zero attached hydrogens (tertiary/aromatic N) is 1. The highest BCUT2D eigenvalue weighted by atomic mass is 16.6. The van der Waals surface area contributed by atoms with E-state index < -0.39 is 11.6 Å². The molecule has 1 aromatic heterocycles. The fourth-order valence-corrected chi connectivity index (χ4v) is 0.825. The van der Waals surface area contributed by atoms with Crippen molar-refractivity contribution >= 4 is 12.3 Å². The fraction of sp³-hybridized carbons (Fsp3) is 0.444. The summed E-state index contributed by atoms with van der Waals surface area (Å²) in [6, 6.07) is 0. The zero-order valence-corrected chi connectivity index (χ0v) is 8.33. The summed E-state index contributed by atoms with van der Waals surface area (Å²) >= 11 is 0. The van der Waals surface area contributed by atoms with Crippen LogP contribution in [-0.2, 0) is 4.74 Å². The molecule has 0 atom stereocenters. The predicted molar refractivity (Wildman–Crippen MR) is 49.1 cm³/mol. The highest BCUT2D eigenvalue weighted by molar-refractivity contribution is 5.87. The molecule has 0 aromatic carbocycles. The lowest BCUT2D eigenvalue weighted by Crippen LogP contribution is -2.24. The summed E-state index contributed by atoms with van der Waals surface area (Å²) < 4.78 is 5.03. The second kappa shape index (κ2) is 3.61. The van der Waals surface area contributed by atoms with Gasteiger partial charge in [0.1, 0.15) is 5.60 Å². The molecular formula is C9H12N2O3. The molecule has 0 amide bonds. The number of H-pyrrole nitrogens is 1. The molecule has 1 aromatic rings. The molecule has 0 aliphatic heterocycles. The zero-order chi connectivity index (χ0) is 10.8. The molecule has 0 radical (unpaired) electrons. The van der Waals surface area contributed by atoms with E-state index in [9.17, 15) is 9.59 Å². The van der Waals surface area contributed by atoms with Gasteiger partial charge in [-0.25, -0.2) is 9.78 Å². The fourth-order valence-electron chi connectivity index (χ4n) is 0.825. The van der Waals surface area contributed by atoms with Crippen LogP contribution in [-0.4, -0.2) is 27.8 Å². The minimum absolute atomic E-state index is 0.0435. The molecule has 0 unspecified atom stereocenters. The van der Waals surface area contributed by atoms with Gasteiger partial charge in [0.2, 0.25) is 5.82 Å². The summed E-state index contributed by atoms with van der Waals surface area (Å²) in [5.41, 5.74) is -0.309. The van der Waals surface area contributed by atoms with E-state index in [1.54, 1.807) is 20.8 Å². The van der Waals surface area contributed by atoms with Gasteiger partial charge >= 0.3 is 5.97 Å². The second-order valence-electron chi connectivity index (χ2n) is 3.81. The van der Waals surface area contributed by atoms with Gasteiger partial charge in [0.25, 0.3) is 0 Å². The lowest BCUT2D eigenvalue weighted by Gasteiger charge is -2.18. The predicted octanol–water partition coefficient (Wildman–Crippen LogP) is 1.18. The molecule has 76 valence electrons. The van der Waals surface area contributed by atoms with E-state index in [-0.39, 0.29) is 11.5 Å². The van der Waals surface area contributed by atoms with Gasteiger partial charge in [0, 0.05) is 0 Å². The van der Waals surface area contributed by atoms with Gasteiger partial charge in [0.05, 0.1) is 11.9 Å². The van der Waals surface area contributed by atoms with Crippen molar-refractivity contribution in [3.8, 4) is 0 Å². The average molecular weight is 196 g/mol. The van der Waals surface area contributed by atoms with Crippen LogP contribution in [0.15, 0.2) is 6.20 Å². The number of aldehydes is 1. The van der Waals surface area contributed by atoms with Gasteiger partial charge in [-0.15, -0.1) is 0 Å². The van der Waals surface area contributed by atoms with E-state index >= 15 is 0 Å². The Morgan fingerprint density at radius 1 is 1.57 bits per heavy atom. The average Bonchev–Trinajstić information content (AvgIpc) is 2.48. The summed E-state index contributed by atoms with van der Waals surface area (Å²) in [5, 5.41) is 0. The molecule has 1 heterocycles. The van der Waals surface area contributed by atoms with Crippen LogP contribution in [0, 0.1) is 0 Å². The maximum absolute atomic E-state index is 11.4. The number of rotatable bonds is 2. The van der Waals surface area contributed by atoms with E-state index in [0.29, 0.717) is 6.29 Å². The Kier molecular flexibility index (Phi) is 2.69. The Morgan fingerprint density at radius 2 is 2.21 bits per heavy atom. The number of hydrogen-bond acceptors (Lipinski definition) is 4. The Bertz CT molecular complexity index is 349. The van der Waals surface area contributed by atoms with Gasteiger partial charge in [-0.2, -0.15) is 0 Å². The maximum Gasteiger partial charge on any atom is 0.374 e. The minimum Gasteiger partial charge on any atom is -0.454 e. The summed E-state index contributed by atoms with van der Waals surface area (Å²) in [5.74, 6) is -0.521. The van der Waals surface area contributed by atoms with Crippen LogP contribution in [0.2, 0.25) is 0 Å². The normalized spacial score (nSPS) is 11.1. The van der Waals surface area contributed by atoms with E-state index in [4.69, 9.17) is 4.74 Å². The largest absolute Gasteiger partial charge is 0.454 e. The van der Waals surface area contributed by atoms with Gasteiger partial charge in [-0.3, -0.25) is 4.79 Å². The quantitative estimate of drug-likeness (QED) is 0.569. The van der Waals surface area contributed by atoms with Crippen LogP contribution in [0.4, 0.5) is 0 Å². The number of esters is 1. The van der Waals surface area contributed by atoms with Crippen molar-refractivity contribution in [1.29, 1.82) is 0 Å². The third-order valence-electron chi connectivity index (χ3n) is 1.31. The first-order valence-corrected chi connectivity index (χ1v) is 4.16. The second-order valence-corrected chi connectivity index (χ2v) is 3.81. The monoisotopic (exact) mass is 196 g/mol. The third-order valence-corrected chi connectivity index (χ3v) is 1.31. The molecule has 1 N–H and O–H groups in total. The number of nitrogens with one attached hydrogen (secondary N) is 1. The highest BCUT2D eigenvalue weighted by Gasteiger charge is 2.19. The molecule has 0 aliphatic carbocycles. The SMILES string of the molecule is CC(C)(C)OC(=O)c1ncc(C=O)[nH]1. The number of hydrogen-bond donors (Lipinski definition) is 1. The molecule has 5 heteroatoms. The molecule has 1 rings (SSSR count). The number of imidazole rings is 1. The molecule has 0 saturated heterocycles. The highest BCUT2D eigenvalue weighted by Crippen LogP contribution is 2.09. The van der Waals surface area contributed by atoms with Crippen molar-refractivity contribution in [3.05, 3.63) is 17.7 Å². The molecule has 0 saturated carbocycles.